The van der Waals surface area contributed by atoms with Crippen LogP contribution >= 0.6 is 0 Å². The molecular weight excluding hydrogens is 206 g/mol. The van der Waals surface area contributed by atoms with Gasteiger partial charge in [-0.3, -0.25) is 9.59 Å². The second-order valence-electron chi connectivity index (χ2n) is 4.12. The third-order valence-corrected chi connectivity index (χ3v) is 2.71. The van der Waals surface area contributed by atoms with Crippen LogP contribution in [0.3, 0.4) is 0 Å². The molecule has 0 aromatic carbocycles. The van der Waals surface area contributed by atoms with E-state index < -0.39 is 0 Å². The fourth-order valence-corrected chi connectivity index (χ4v) is 1.77. The van der Waals surface area contributed by atoms with E-state index in [-0.39, 0.29) is 18.4 Å². The molecule has 5 heteroatoms. The smallest absolute Gasteiger partial charge is 0.239 e. The van der Waals surface area contributed by atoms with Gasteiger partial charge in [-0.15, -0.1) is 0 Å². The number of hydrogen-bond donors (Lipinski definition) is 2. The van der Waals surface area contributed by atoms with Gasteiger partial charge in [0.05, 0.1) is 6.54 Å². The average Bonchev–Trinajstić information content (AvgIpc) is 2.49. The van der Waals surface area contributed by atoms with E-state index in [1.807, 2.05) is 0 Å². The van der Waals surface area contributed by atoms with Crippen molar-refractivity contribution in [2.24, 2.45) is 5.73 Å². The van der Waals surface area contributed by atoms with Crippen molar-refractivity contribution in [3.8, 4) is 0 Å². The van der Waals surface area contributed by atoms with E-state index in [9.17, 15) is 9.59 Å². The molecule has 1 aliphatic heterocycles. The van der Waals surface area contributed by atoms with E-state index in [4.69, 9.17) is 5.73 Å². The van der Waals surface area contributed by atoms with E-state index in [1.54, 1.807) is 4.90 Å². The predicted octanol–water partition coefficient (Wildman–Crippen LogP) is -0.146. The number of unbranched alkanes of at least 4 members (excludes halogenated alkanes) is 2. The van der Waals surface area contributed by atoms with Crippen LogP contribution in [-0.4, -0.2) is 42.9 Å². The average molecular weight is 227 g/mol. The Morgan fingerprint density at radius 3 is 2.94 bits per heavy atom. The Hall–Kier alpha value is -1.10. The number of hydrogen-bond acceptors (Lipinski definition) is 3. The molecule has 3 N–H and O–H groups in total. The molecule has 0 unspecified atom stereocenters. The molecule has 0 aromatic rings. The standard InChI is InChI=1S/C11H21N3O2/c12-6-3-1-2-5-11(16)14-8-4-7-13-10(15)9-14/h1-9,12H2,(H,13,15). The number of rotatable bonds is 5. The van der Waals surface area contributed by atoms with Gasteiger partial charge >= 0.3 is 0 Å². The second-order valence-corrected chi connectivity index (χ2v) is 4.12. The summed E-state index contributed by atoms with van der Waals surface area (Å²) in [7, 11) is 0. The van der Waals surface area contributed by atoms with Crippen molar-refractivity contribution in [2.75, 3.05) is 26.2 Å². The molecule has 1 aliphatic rings. The van der Waals surface area contributed by atoms with Gasteiger partial charge in [0.1, 0.15) is 0 Å². The summed E-state index contributed by atoms with van der Waals surface area (Å²) in [6.07, 6.45) is 4.21. The maximum absolute atomic E-state index is 11.8. The Balaban J connectivity index is 2.25. The summed E-state index contributed by atoms with van der Waals surface area (Å²) in [5.41, 5.74) is 5.38. The summed E-state index contributed by atoms with van der Waals surface area (Å²) in [4.78, 5) is 24.7. The van der Waals surface area contributed by atoms with Crippen molar-refractivity contribution in [1.29, 1.82) is 0 Å². The number of nitrogens with one attached hydrogen (secondary N) is 1. The van der Waals surface area contributed by atoms with Crippen molar-refractivity contribution >= 4 is 11.8 Å². The minimum Gasteiger partial charge on any atom is -0.354 e. The van der Waals surface area contributed by atoms with Crippen molar-refractivity contribution < 1.29 is 9.59 Å². The minimum absolute atomic E-state index is 0.0483. The zero-order valence-electron chi connectivity index (χ0n) is 9.71. The molecule has 0 radical (unpaired) electrons. The minimum atomic E-state index is -0.0483. The summed E-state index contributed by atoms with van der Waals surface area (Å²) >= 11 is 0. The maximum Gasteiger partial charge on any atom is 0.239 e. The zero-order chi connectivity index (χ0) is 11.8. The van der Waals surface area contributed by atoms with Gasteiger partial charge in [-0.1, -0.05) is 6.42 Å². The summed E-state index contributed by atoms with van der Waals surface area (Å²) in [5.74, 6) is 0.0434. The lowest BCUT2D eigenvalue weighted by Crippen LogP contribution is -2.37. The molecule has 0 atom stereocenters. The van der Waals surface area contributed by atoms with Gasteiger partial charge in [-0.05, 0) is 25.8 Å². The van der Waals surface area contributed by atoms with Crippen molar-refractivity contribution in [2.45, 2.75) is 32.1 Å². The molecule has 1 heterocycles. The monoisotopic (exact) mass is 227 g/mol. The van der Waals surface area contributed by atoms with Crippen molar-refractivity contribution in [3.05, 3.63) is 0 Å². The summed E-state index contributed by atoms with van der Waals surface area (Å²) < 4.78 is 0. The number of amides is 2. The predicted molar refractivity (Wildman–Crippen MR) is 61.7 cm³/mol. The second kappa shape index (κ2) is 7.22. The third-order valence-electron chi connectivity index (χ3n) is 2.71. The molecule has 16 heavy (non-hydrogen) atoms. The Morgan fingerprint density at radius 2 is 2.19 bits per heavy atom. The van der Waals surface area contributed by atoms with Gasteiger partial charge < -0.3 is 16.0 Å². The Kier molecular flexibility index (Phi) is 5.85. The summed E-state index contributed by atoms with van der Waals surface area (Å²) in [6, 6.07) is 0. The highest BCUT2D eigenvalue weighted by molar-refractivity contribution is 5.85. The van der Waals surface area contributed by atoms with Gasteiger partial charge in [0.2, 0.25) is 11.8 Å². The Bertz CT molecular complexity index is 243. The van der Waals surface area contributed by atoms with Crippen LogP contribution < -0.4 is 11.1 Å². The molecule has 1 rings (SSSR count). The lowest BCUT2D eigenvalue weighted by Gasteiger charge is -2.18. The van der Waals surface area contributed by atoms with Gasteiger partial charge in [0.25, 0.3) is 0 Å². The van der Waals surface area contributed by atoms with E-state index in [0.717, 1.165) is 25.7 Å². The largest absolute Gasteiger partial charge is 0.354 e. The number of carbonyl (C=O) groups is 2. The van der Waals surface area contributed by atoms with Crippen molar-refractivity contribution in [1.82, 2.24) is 10.2 Å². The fourth-order valence-electron chi connectivity index (χ4n) is 1.77. The topological polar surface area (TPSA) is 75.4 Å². The van der Waals surface area contributed by atoms with E-state index >= 15 is 0 Å². The first kappa shape index (κ1) is 13.0. The van der Waals surface area contributed by atoms with Crippen LogP contribution in [0.2, 0.25) is 0 Å². The highest BCUT2D eigenvalue weighted by Crippen LogP contribution is 2.05. The van der Waals surface area contributed by atoms with Crippen molar-refractivity contribution in [3.63, 3.8) is 0 Å². The van der Waals surface area contributed by atoms with Crippen LogP contribution in [0.25, 0.3) is 0 Å². The highest BCUT2D eigenvalue weighted by Gasteiger charge is 2.18. The lowest BCUT2D eigenvalue weighted by atomic mass is 10.2. The first-order valence-electron chi connectivity index (χ1n) is 5.98. The van der Waals surface area contributed by atoms with Gasteiger partial charge in [-0.25, -0.2) is 0 Å². The van der Waals surface area contributed by atoms with E-state index in [0.29, 0.717) is 26.1 Å². The molecule has 1 fully saturated rings. The number of nitrogens with two attached hydrogens (primary N) is 1. The van der Waals surface area contributed by atoms with Gasteiger partial charge in [0.15, 0.2) is 0 Å². The third kappa shape index (κ3) is 4.61. The maximum atomic E-state index is 11.8. The van der Waals surface area contributed by atoms with Crippen LogP contribution in [0, 0.1) is 0 Å². The van der Waals surface area contributed by atoms with Crippen LogP contribution in [0.1, 0.15) is 32.1 Å². The normalized spacial score (nSPS) is 16.8. The van der Waals surface area contributed by atoms with Crippen LogP contribution in [0.15, 0.2) is 0 Å². The Morgan fingerprint density at radius 1 is 1.38 bits per heavy atom. The van der Waals surface area contributed by atoms with Gasteiger partial charge in [0, 0.05) is 19.5 Å². The lowest BCUT2D eigenvalue weighted by molar-refractivity contribution is -0.135. The first-order valence-corrected chi connectivity index (χ1v) is 5.98. The van der Waals surface area contributed by atoms with Crippen LogP contribution in [0.4, 0.5) is 0 Å². The molecule has 1 saturated heterocycles. The fraction of sp³-hybridized carbons (Fsp3) is 0.818. The molecule has 92 valence electrons. The van der Waals surface area contributed by atoms with Crippen LogP contribution in [0.5, 0.6) is 0 Å². The number of nitrogens with zero attached hydrogens (tertiary/aromatic N) is 1. The molecule has 0 saturated carbocycles. The zero-order valence-corrected chi connectivity index (χ0v) is 9.71. The molecule has 5 nitrogen and oxygen atoms in total. The quantitative estimate of drug-likeness (QED) is 0.642. The Labute approximate surface area is 96.4 Å². The molecule has 2 amide bonds. The van der Waals surface area contributed by atoms with Crippen LogP contribution in [-0.2, 0) is 9.59 Å². The SMILES string of the molecule is NCCCCCC(=O)N1CCCNC(=O)C1. The van der Waals surface area contributed by atoms with E-state index in [1.165, 1.54) is 0 Å². The van der Waals surface area contributed by atoms with E-state index in [2.05, 4.69) is 5.32 Å². The summed E-state index contributed by atoms with van der Waals surface area (Å²) in [5, 5.41) is 2.76. The molecule has 0 aliphatic carbocycles. The highest BCUT2D eigenvalue weighted by atomic mass is 16.2. The molecular formula is C11H21N3O2. The van der Waals surface area contributed by atoms with Gasteiger partial charge in [-0.2, -0.15) is 0 Å². The number of carbonyl (C=O) groups excluding carboxylic acids is 2. The molecule has 0 bridgehead atoms. The first-order chi connectivity index (χ1) is 7.74. The molecule has 0 aromatic heterocycles. The summed E-state index contributed by atoms with van der Waals surface area (Å²) in [6.45, 7) is 2.26. The molecule has 0 spiro atoms.